The maximum absolute atomic E-state index is 14.7. The van der Waals surface area contributed by atoms with Crippen LogP contribution in [-0.4, -0.2) is 50.4 Å². The fourth-order valence-corrected chi connectivity index (χ4v) is 6.56. The summed E-state index contributed by atoms with van der Waals surface area (Å²) >= 11 is 15.6. The van der Waals surface area contributed by atoms with Crippen LogP contribution < -0.4 is 20.7 Å². The van der Waals surface area contributed by atoms with Crippen molar-refractivity contribution >= 4 is 88.8 Å². The molecule has 18 heteroatoms. The van der Waals surface area contributed by atoms with Gasteiger partial charge < -0.3 is 34.7 Å². The fraction of sp³-hybridized carbons (Fsp3) is 0.389. The standard InChI is InChI=1S/C22H25Cl2FN2O.C12H13FNO7PS2.C2H6/c1-22(2,3)11-18-19(21(28)27-14-7-4-6-13(23)10-14)16(12-26-18)15-8-5-9-17(24)20(15)25;1-7(20-12(17)21-22(13)24-23)19-11(16)8-3-4-9(14-6-15)10(5-8)18-2;1-2/h4-10,16,18-19,26H,11-12H2,1-3H3,(H,27,28);3-7,23H,1-2H3,(H,14,15);1-2H3. The molecule has 5 unspecified atom stereocenters. The van der Waals surface area contributed by atoms with E-state index in [2.05, 4.69) is 57.6 Å². The highest BCUT2D eigenvalue weighted by molar-refractivity contribution is 8.92. The van der Waals surface area contributed by atoms with Crippen LogP contribution in [0.15, 0.2) is 60.7 Å². The second kappa shape index (κ2) is 22.9. The van der Waals surface area contributed by atoms with Crippen LogP contribution >= 0.6 is 52.9 Å². The van der Waals surface area contributed by atoms with Gasteiger partial charge in [0.2, 0.25) is 18.6 Å². The van der Waals surface area contributed by atoms with Gasteiger partial charge in [-0.2, -0.15) is 4.20 Å². The first-order valence-corrected chi connectivity index (χ1v) is 20.9. The molecule has 1 aliphatic heterocycles. The number of ether oxygens (including phenoxy) is 3. The van der Waals surface area contributed by atoms with Crippen molar-refractivity contribution < 1.29 is 46.5 Å². The molecule has 54 heavy (non-hydrogen) atoms. The Balaban J connectivity index is 0.000000362. The van der Waals surface area contributed by atoms with Crippen LogP contribution in [-0.2, 0) is 23.6 Å². The van der Waals surface area contributed by atoms with Gasteiger partial charge in [-0.1, -0.05) is 76.0 Å². The van der Waals surface area contributed by atoms with E-state index >= 15 is 0 Å². The molecular weight excluding hydrogens is 806 g/mol. The van der Waals surface area contributed by atoms with E-state index in [-0.39, 0.29) is 39.6 Å². The molecule has 5 atom stereocenters. The minimum absolute atomic E-state index is 0.0218. The van der Waals surface area contributed by atoms with E-state index in [0.717, 1.165) is 6.42 Å². The molecular formula is C36H44Cl2F2N3O8PS2. The third-order valence-electron chi connectivity index (χ3n) is 7.47. The molecule has 3 aromatic carbocycles. The summed E-state index contributed by atoms with van der Waals surface area (Å²) in [5, 5.41) is 9.42. The molecule has 1 fully saturated rings. The smallest absolute Gasteiger partial charge is 0.495 e. The van der Waals surface area contributed by atoms with Crippen molar-refractivity contribution in [3.05, 3.63) is 87.7 Å². The van der Waals surface area contributed by atoms with E-state index in [1.807, 2.05) is 13.8 Å². The summed E-state index contributed by atoms with van der Waals surface area (Å²) < 4.78 is 46.2. The van der Waals surface area contributed by atoms with Crippen molar-refractivity contribution in [1.29, 1.82) is 0 Å². The first-order valence-electron chi connectivity index (χ1n) is 16.6. The van der Waals surface area contributed by atoms with Crippen LogP contribution in [0.1, 0.15) is 69.8 Å². The second-order valence-corrected chi connectivity index (χ2v) is 16.9. The molecule has 1 aliphatic rings. The van der Waals surface area contributed by atoms with Gasteiger partial charge in [0.15, 0.2) is 0 Å². The van der Waals surface area contributed by atoms with E-state index in [1.165, 1.54) is 38.3 Å². The number of carbonyl (C=O) groups is 4. The molecule has 296 valence electrons. The van der Waals surface area contributed by atoms with Gasteiger partial charge in [-0.15, -0.1) is 11.7 Å². The lowest BCUT2D eigenvalue weighted by Gasteiger charge is -2.29. The van der Waals surface area contributed by atoms with Gasteiger partial charge in [-0.25, -0.2) is 14.0 Å². The van der Waals surface area contributed by atoms with Crippen LogP contribution in [0.3, 0.4) is 0 Å². The summed E-state index contributed by atoms with van der Waals surface area (Å²) in [7, 11) is -0.837. The molecule has 1 heterocycles. The van der Waals surface area contributed by atoms with Gasteiger partial charge in [0, 0.05) is 46.6 Å². The zero-order valence-corrected chi connectivity index (χ0v) is 34.8. The van der Waals surface area contributed by atoms with Gasteiger partial charge in [0.25, 0.3) is 0 Å². The molecule has 3 aromatic rings. The Labute approximate surface area is 334 Å². The van der Waals surface area contributed by atoms with Gasteiger partial charge in [0.1, 0.15) is 11.6 Å². The quantitative estimate of drug-likeness (QED) is 0.0348. The van der Waals surface area contributed by atoms with Crippen LogP contribution in [0.25, 0.3) is 0 Å². The Kier molecular flexibility index (Phi) is 19.9. The number of hydrogen-bond acceptors (Lipinski definition) is 11. The number of rotatable bonds is 12. The summed E-state index contributed by atoms with van der Waals surface area (Å²) in [5.74, 6) is -1.91. The van der Waals surface area contributed by atoms with E-state index in [1.54, 1.807) is 36.4 Å². The summed E-state index contributed by atoms with van der Waals surface area (Å²) in [6.07, 6.45) is -1.38. The average molecular weight is 851 g/mol. The topological polar surface area (TPSA) is 141 Å². The van der Waals surface area contributed by atoms with Crippen LogP contribution in [0.5, 0.6) is 5.75 Å². The predicted octanol–water partition coefficient (Wildman–Crippen LogP) is 10.6. The largest absolute Gasteiger partial charge is 0.516 e. The highest BCUT2D eigenvalue weighted by Gasteiger charge is 2.44. The Morgan fingerprint density at radius 2 is 1.78 bits per heavy atom. The molecule has 0 bridgehead atoms. The third kappa shape index (κ3) is 14.7. The van der Waals surface area contributed by atoms with E-state index in [4.69, 9.17) is 32.7 Å². The number of esters is 1. The van der Waals surface area contributed by atoms with Crippen molar-refractivity contribution in [2.24, 2.45) is 11.3 Å². The van der Waals surface area contributed by atoms with E-state index in [0.29, 0.717) is 45.3 Å². The molecule has 0 spiro atoms. The summed E-state index contributed by atoms with van der Waals surface area (Å²) in [4.78, 5) is 46.9. The number of carbonyl (C=O) groups excluding carboxylic acids is 4. The van der Waals surface area contributed by atoms with Gasteiger partial charge >= 0.3 is 19.8 Å². The number of anilines is 2. The SMILES string of the molecule is CC.CC(C)(C)CC1NCC(c2cccc(Cl)c2F)C1C(=O)Nc1cccc(Cl)c1.COc1cc(C(=O)OC(C)OC(=O)OP(F)SS)ccc1NC=O. The number of thiol groups is 1. The molecule has 0 aromatic heterocycles. The van der Waals surface area contributed by atoms with Crippen LogP contribution in [0.4, 0.5) is 24.8 Å². The van der Waals surface area contributed by atoms with E-state index in [9.17, 15) is 27.8 Å². The van der Waals surface area contributed by atoms with Crippen LogP contribution in [0, 0.1) is 17.2 Å². The number of halogens is 4. The zero-order valence-electron chi connectivity index (χ0n) is 30.7. The minimum Gasteiger partial charge on any atom is -0.495 e. The average Bonchev–Trinajstić information content (AvgIpc) is 3.52. The molecule has 2 amide bonds. The normalized spacial score (nSPS) is 17.2. The van der Waals surface area contributed by atoms with Gasteiger partial charge in [0.05, 0.1) is 29.3 Å². The summed E-state index contributed by atoms with van der Waals surface area (Å²) in [6.45, 7) is 12.2. The maximum Gasteiger partial charge on any atom is 0.516 e. The highest BCUT2D eigenvalue weighted by atomic mass is 35.5. The first kappa shape index (κ1) is 46.8. The molecule has 3 N–H and O–H groups in total. The summed E-state index contributed by atoms with van der Waals surface area (Å²) in [6, 6.07) is 16.1. The van der Waals surface area contributed by atoms with Gasteiger partial charge in [-0.05, 0) is 59.9 Å². The number of nitrogens with one attached hydrogen (secondary N) is 3. The first-order chi connectivity index (χ1) is 25.6. The number of benzene rings is 3. The lowest BCUT2D eigenvalue weighted by molar-refractivity contribution is -0.120. The summed E-state index contributed by atoms with van der Waals surface area (Å²) in [5.41, 5.74) is 1.57. The van der Waals surface area contributed by atoms with Gasteiger partial charge in [-0.3, -0.25) is 9.59 Å². The maximum atomic E-state index is 14.7. The molecule has 0 saturated carbocycles. The van der Waals surface area contributed by atoms with Crippen molar-refractivity contribution in [2.45, 2.75) is 66.2 Å². The minimum atomic E-state index is -2.61. The lowest BCUT2D eigenvalue weighted by Crippen LogP contribution is -2.38. The molecule has 1 saturated heterocycles. The Morgan fingerprint density at radius 3 is 2.39 bits per heavy atom. The molecule has 0 aliphatic carbocycles. The monoisotopic (exact) mass is 849 g/mol. The highest BCUT2D eigenvalue weighted by Crippen LogP contribution is 2.54. The number of hydrogen-bond donors (Lipinski definition) is 4. The molecule has 11 nitrogen and oxygen atoms in total. The van der Waals surface area contributed by atoms with Crippen molar-refractivity contribution in [3.63, 3.8) is 0 Å². The Hall–Kier alpha value is -3.33. The molecule has 4 rings (SSSR count). The third-order valence-corrected chi connectivity index (χ3v) is 10.2. The van der Waals surface area contributed by atoms with Crippen LogP contribution in [0.2, 0.25) is 10.0 Å². The van der Waals surface area contributed by atoms with E-state index < -0.39 is 37.8 Å². The predicted molar refractivity (Wildman–Crippen MR) is 215 cm³/mol. The fourth-order valence-electron chi connectivity index (χ4n) is 5.42. The van der Waals surface area contributed by atoms with Crippen molar-refractivity contribution in [3.8, 4) is 5.75 Å². The Morgan fingerprint density at radius 1 is 1.09 bits per heavy atom. The lowest BCUT2D eigenvalue weighted by atomic mass is 9.78. The van der Waals surface area contributed by atoms with Crippen molar-refractivity contribution in [2.75, 3.05) is 24.3 Å². The second-order valence-electron chi connectivity index (χ2n) is 12.5. The zero-order chi connectivity index (χ0) is 40.6. The Bertz CT molecular complexity index is 1730. The number of amides is 2. The van der Waals surface area contributed by atoms with Crippen molar-refractivity contribution in [1.82, 2.24) is 5.32 Å². The molecule has 0 radical (unpaired) electrons. The number of methoxy groups -OCH3 is 1.